The van der Waals surface area contributed by atoms with E-state index in [2.05, 4.69) is 12.2 Å². The van der Waals surface area contributed by atoms with Gasteiger partial charge in [0.2, 0.25) is 0 Å². The van der Waals surface area contributed by atoms with Crippen molar-refractivity contribution >= 4 is 5.78 Å². The van der Waals surface area contributed by atoms with Crippen LogP contribution < -0.4 is 5.32 Å². The number of piperidine rings is 1. The average Bonchev–Trinajstić information content (AvgIpc) is 2.22. The van der Waals surface area contributed by atoms with E-state index in [4.69, 9.17) is 0 Å². The number of rotatable bonds is 2. The normalized spacial score (nSPS) is 49.1. The lowest BCUT2D eigenvalue weighted by molar-refractivity contribution is -0.128. The molecular weight excluding hydrogens is 186 g/mol. The number of carbonyl (C=O) groups excluding carboxylic acids is 1. The van der Waals surface area contributed by atoms with Crippen molar-refractivity contribution in [1.29, 1.82) is 0 Å². The summed E-state index contributed by atoms with van der Waals surface area (Å²) in [5, 5.41) is 3.35. The summed E-state index contributed by atoms with van der Waals surface area (Å²) in [5.74, 6) is 4.76. The Labute approximate surface area is 91.8 Å². The predicted octanol–water partition coefficient (Wildman–Crippen LogP) is 1.85. The minimum atomic E-state index is 0.348. The molecule has 3 fully saturated rings. The smallest absolute Gasteiger partial charge is 0.138 e. The van der Waals surface area contributed by atoms with Crippen molar-refractivity contribution in [3.05, 3.63) is 0 Å². The molecule has 1 heterocycles. The van der Waals surface area contributed by atoms with Gasteiger partial charge in [0, 0.05) is 25.4 Å². The number of Topliss-reactive ketones (excluding diaryl/α,β-unsaturated/α-hetero) is 1. The van der Waals surface area contributed by atoms with Gasteiger partial charge >= 0.3 is 0 Å². The second-order valence-corrected chi connectivity index (χ2v) is 5.89. The molecule has 0 bridgehead atoms. The van der Waals surface area contributed by atoms with Gasteiger partial charge < -0.3 is 5.32 Å². The molecule has 84 valence electrons. The summed E-state index contributed by atoms with van der Waals surface area (Å²) in [7, 11) is 0. The van der Waals surface area contributed by atoms with Crippen LogP contribution in [0.15, 0.2) is 0 Å². The number of nitrogens with one attached hydrogen (secondary N) is 1. The van der Waals surface area contributed by atoms with E-state index in [1.807, 2.05) is 0 Å². The first-order valence-corrected chi connectivity index (χ1v) is 6.49. The molecule has 2 aliphatic carbocycles. The van der Waals surface area contributed by atoms with E-state index < -0.39 is 0 Å². The lowest BCUT2D eigenvalue weighted by Crippen LogP contribution is -2.52. The molecule has 1 aliphatic heterocycles. The van der Waals surface area contributed by atoms with Crippen molar-refractivity contribution in [1.82, 2.24) is 5.32 Å². The Morgan fingerprint density at radius 3 is 2.80 bits per heavy atom. The molecule has 3 aliphatic rings. The molecule has 2 nitrogen and oxygen atoms in total. The summed E-state index contributed by atoms with van der Waals surface area (Å²) < 4.78 is 0. The van der Waals surface area contributed by atoms with Crippen LogP contribution in [0.3, 0.4) is 0 Å². The monoisotopic (exact) mass is 207 g/mol. The maximum atomic E-state index is 11.7. The molecule has 1 N–H and O–H groups in total. The SMILES string of the molecule is CC1CC2C(CC3CNCCC3=O)CC12. The van der Waals surface area contributed by atoms with Crippen LogP contribution in [0.1, 0.15) is 32.6 Å². The van der Waals surface area contributed by atoms with Crippen molar-refractivity contribution < 1.29 is 4.79 Å². The third kappa shape index (κ3) is 1.54. The van der Waals surface area contributed by atoms with Crippen molar-refractivity contribution in [2.24, 2.45) is 29.6 Å². The zero-order valence-electron chi connectivity index (χ0n) is 9.54. The second kappa shape index (κ2) is 3.58. The van der Waals surface area contributed by atoms with Crippen LogP contribution >= 0.6 is 0 Å². The largest absolute Gasteiger partial charge is 0.316 e. The molecule has 0 amide bonds. The van der Waals surface area contributed by atoms with Crippen LogP contribution in [0.5, 0.6) is 0 Å². The zero-order chi connectivity index (χ0) is 10.4. The van der Waals surface area contributed by atoms with E-state index in [9.17, 15) is 4.79 Å². The fourth-order valence-electron chi connectivity index (χ4n) is 3.94. The van der Waals surface area contributed by atoms with Gasteiger partial charge in [-0.1, -0.05) is 6.92 Å². The first-order valence-electron chi connectivity index (χ1n) is 6.49. The Kier molecular flexibility index (Phi) is 2.35. The highest BCUT2D eigenvalue weighted by Gasteiger charge is 2.51. The van der Waals surface area contributed by atoms with Crippen LogP contribution in [0, 0.1) is 29.6 Å². The maximum absolute atomic E-state index is 11.7. The molecule has 0 aromatic heterocycles. The van der Waals surface area contributed by atoms with Crippen molar-refractivity contribution in [2.45, 2.75) is 32.6 Å². The average molecular weight is 207 g/mol. The highest BCUT2D eigenvalue weighted by molar-refractivity contribution is 5.82. The molecule has 0 spiro atoms. The fraction of sp³-hybridized carbons (Fsp3) is 0.923. The molecule has 0 aromatic rings. The summed E-state index contributed by atoms with van der Waals surface area (Å²) in [4.78, 5) is 11.7. The minimum Gasteiger partial charge on any atom is -0.316 e. The molecule has 2 saturated carbocycles. The van der Waals surface area contributed by atoms with Crippen LogP contribution in [0.25, 0.3) is 0 Å². The van der Waals surface area contributed by atoms with E-state index in [0.717, 1.165) is 43.2 Å². The highest BCUT2D eigenvalue weighted by atomic mass is 16.1. The second-order valence-electron chi connectivity index (χ2n) is 5.89. The Hall–Kier alpha value is -0.370. The lowest BCUT2D eigenvalue weighted by atomic mass is 9.47. The molecule has 3 rings (SSSR count). The first kappa shape index (κ1) is 9.83. The lowest BCUT2D eigenvalue weighted by Gasteiger charge is -2.58. The standard InChI is InChI=1S/C13H21NO/c1-8-4-12-9(6-11(8)12)5-10-7-14-3-2-13(10)15/h8-12,14H,2-7H2,1H3. The Balaban J connectivity index is 1.51. The Morgan fingerprint density at radius 1 is 1.33 bits per heavy atom. The topological polar surface area (TPSA) is 29.1 Å². The summed E-state index contributed by atoms with van der Waals surface area (Å²) in [6, 6.07) is 0. The van der Waals surface area contributed by atoms with Gasteiger partial charge in [-0.2, -0.15) is 0 Å². The van der Waals surface area contributed by atoms with E-state index in [0.29, 0.717) is 11.7 Å². The summed E-state index contributed by atoms with van der Waals surface area (Å²) >= 11 is 0. The first-order chi connectivity index (χ1) is 7.25. The Morgan fingerprint density at radius 2 is 2.20 bits per heavy atom. The maximum Gasteiger partial charge on any atom is 0.138 e. The predicted molar refractivity (Wildman–Crippen MR) is 59.5 cm³/mol. The highest BCUT2D eigenvalue weighted by Crippen LogP contribution is 2.59. The van der Waals surface area contributed by atoms with Gasteiger partial charge in [-0.05, 0) is 42.9 Å². The van der Waals surface area contributed by atoms with Gasteiger partial charge in [-0.3, -0.25) is 4.79 Å². The van der Waals surface area contributed by atoms with E-state index in [-0.39, 0.29) is 0 Å². The van der Waals surface area contributed by atoms with Gasteiger partial charge in [0.25, 0.3) is 0 Å². The molecule has 15 heavy (non-hydrogen) atoms. The fourth-order valence-corrected chi connectivity index (χ4v) is 3.94. The number of carbonyl (C=O) groups is 1. The van der Waals surface area contributed by atoms with E-state index >= 15 is 0 Å². The third-order valence-electron chi connectivity index (χ3n) is 5.09. The van der Waals surface area contributed by atoms with Gasteiger partial charge in [0.05, 0.1) is 0 Å². The molecule has 0 radical (unpaired) electrons. The summed E-state index contributed by atoms with van der Waals surface area (Å²) in [6.07, 6.45) is 4.79. The molecule has 0 aromatic carbocycles. The summed E-state index contributed by atoms with van der Waals surface area (Å²) in [6.45, 7) is 4.23. The number of hydrogen-bond donors (Lipinski definition) is 1. The number of ketones is 1. The molecule has 1 saturated heterocycles. The van der Waals surface area contributed by atoms with Crippen molar-refractivity contribution in [2.75, 3.05) is 13.1 Å². The van der Waals surface area contributed by atoms with Crippen LogP contribution in [-0.4, -0.2) is 18.9 Å². The van der Waals surface area contributed by atoms with Crippen LogP contribution in [-0.2, 0) is 4.79 Å². The van der Waals surface area contributed by atoms with Gasteiger partial charge in [-0.15, -0.1) is 0 Å². The quantitative estimate of drug-likeness (QED) is 0.748. The van der Waals surface area contributed by atoms with Crippen molar-refractivity contribution in [3.8, 4) is 0 Å². The third-order valence-corrected chi connectivity index (χ3v) is 5.09. The molecular formula is C13H21NO. The van der Waals surface area contributed by atoms with Gasteiger partial charge in [0.15, 0.2) is 0 Å². The molecule has 5 unspecified atom stereocenters. The van der Waals surface area contributed by atoms with Gasteiger partial charge in [0.1, 0.15) is 5.78 Å². The zero-order valence-corrected chi connectivity index (χ0v) is 9.54. The summed E-state index contributed by atoms with van der Waals surface area (Å²) in [5.41, 5.74) is 0. The number of hydrogen-bond acceptors (Lipinski definition) is 2. The van der Waals surface area contributed by atoms with Crippen LogP contribution in [0.2, 0.25) is 0 Å². The van der Waals surface area contributed by atoms with E-state index in [1.54, 1.807) is 0 Å². The molecule has 2 heteroatoms. The van der Waals surface area contributed by atoms with Gasteiger partial charge in [-0.25, -0.2) is 0 Å². The molecule has 5 atom stereocenters. The minimum absolute atomic E-state index is 0.348. The van der Waals surface area contributed by atoms with E-state index in [1.165, 1.54) is 19.3 Å². The Bertz CT molecular complexity index is 276. The number of fused-ring (bicyclic) bond motifs is 1. The van der Waals surface area contributed by atoms with Crippen molar-refractivity contribution in [3.63, 3.8) is 0 Å². The van der Waals surface area contributed by atoms with Crippen LogP contribution in [0.4, 0.5) is 0 Å².